The van der Waals surface area contributed by atoms with E-state index in [0.717, 1.165) is 11.3 Å². The third kappa shape index (κ3) is 3.93. The van der Waals surface area contributed by atoms with Crippen molar-refractivity contribution in [3.8, 4) is 0 Å². The van der Waals surface area contributed by atoms with Crippen molar-refractivity contribution >= 4 is 39.5 Å². The second-order valence-electron chi connectivity index (χ2n) is 5.25. The Morgan fingerprint density at radius 2 is 1.38 bits per heavy atom. The molecule has 0 atom stereocenters. The van der Waals surface area contributed by atoms with Crippen LogP contribution in [0.4, 0.5) is 16.4 Å². The van der Waals surface area contributed by atoms with E-state index < -0.39 is 10.8 Å². The van der Waals surface area contributed by atoms with Gasteiger partial charge in [-0.1, -0.05) is 41.7 Å². The zero-order valence-electron chi connectivity index (χ0n) is 13.3. The quantitative estimate of drug-likeness (QED) is 0.522. The van der Waals surface area contributed by atoms with Crippen LogP contribution in [0.25, 0.3) is 0 Å². The SMILES string of the molecule is O=C(Nc1ccccc1NC(=O)c1csc([N+](=O)[O-])c1)c1ccccc1. The molecule has 0 fully saturated rings. The van der Waals surface area contributed by atoms with Crippen molar-refractivity contribution in [2.24, 2.45) is 0 Å². The number of rotatable bonds is 5. The molecule has 2 amide bonds. The lowest BCUT2D eigenvalue weighted by atomic mass is 10.2. The van der Waals surface area contributed by atoms with Crippen molar-refractivity contribution in [3.05, 3.63) is 87.3 Å². The van der Waals surface area contributed by atoms with Crippen LogP contribution in [0.3, 0.4) is 0 Å². The lowest BCUT2D eigenvalue weighted by molar-refractivity contribution is -0.380. The highest BCUT2D eigenvalue weighted by Crippen LogP contribution is 2.26. The van der Waals surface area contributed by atoms with Crippen LogP contribution >= 0.6 is 11.3 Å². The van der Waals surface area contributed by atoms with Crippen molar-refractivity contribution in [3.63, 3.8) is 0 Å². The minimum absolute atomic E-state index is 0.110. The summed E-state index contributed by atoms with van der Waals surface area (Å²) >= 11 is 0.879. The van der Waals surface area contributed by atoms with Gasteiger partial charge in [-0.3, -0.25) is 19.7 Å². The molecule has 0 aliphatic carbocycles. The highest BCUT2D eigenvalue weighted by atomic mass is 32.1. The first kappa shape index (κ1) is 17.3. The predicted molar refractivity (Wildman–Crippen MR) is 99.8 cm³/mol. The molecule has 2 N–H and O–H groups in total. The minimum Gasteiger partial charge on any atom is -0.320 e. The Labute approximate surface area is 152 Å². The molecule has 0 radical (unpaired) electrons. The Kier molecular flexibility index (Phi) is 5.04. The van der Waals surface area contributed by atoms with E-state index in [9.17, 15) is 19.7 Å². The number of carbonyl (C=O) groups is 2. The smallest absolute Gasteiger partial charge is 0.320 e. The molecule has 0 aliphatic heterocycles. The normalized spacial score (nSPS) is 10.2. The molecular weight excluding hydrogens is 354 g/mol. The first-order valence-corrected chi connectivity index (χ1v) is 8.42. The monoisotopic (exact) mass is 367 g/mol. The lowest BCUT2D eigenvalue weighted by Gasteiger charge is -2.12. The van der Waals surface area contributed by atoms with Crippen LogP contribution in [0, 0.1) is 10.1 Å². The number of hydrogen-bond donors (Lipinski definition) is 2. The fourth-order valence-corrected chi connectivity index (χ4v) is 2.92. The molecule has 3 rings (SSSR count). The van der Waals surface area contributed by atoms with Gasteiger partial charge in [0.05, 0.1) is 21.9 Å². The van der Waals surface area contributed by atoms with Crippen LogP contribution in [-0.4, -0.2) is 16.7 Å². The summed E-state index contributed by atoms with van der Waals surface area (Å²) in [6.07, 6.45) is 0. The number of thiophene rings is 1. The van der Waals surface area contributed by atoms with Crippen molar-refractivity contribution in [2.45, 2.75) is 0 Å². The summed E-state index contributed by atoms with van der Waals surface area (Å²) < 4.78 is 0. The first-order chi connectivity index (χ1) is 12.5. The Morgan fingerprint density at radius 1 is 0.846 bits per heavy atom. The first-order valence-electron chi connectivity index (χ1n) is 7.54. The molecule has 0 saturated carbocycles. The summed E-state index contributed by atoms with van der Waals surface area (Å²) in [4.78, 5) is 34.8. The van der Waals surface area contributed by atoms with Gasteiger partial charge >= 0.3 is 5.00 Å². The van der Waals surface area contributed by atoms with Gasteiger partial charge in [0.15, 0.2) is 0 Å². The van der Waals surface area contributed by atoms with Gasteiger partial charge in [0.25, 0.3) is 11.8 Å². The van der Waals surface area contributed by atoms with Crippen molar-refractivity contribution < 1.29 is 14.5 Å². The summed E-state index contributed by atoms with van der Waals surface area (Å²) in [5, 5.41) is 17.5. The maximum absolute atomic E-state index is 12.3. The molecule has 2 aromatic carbocycles. The van der Waals surface area contributed by atoms with Gasteiger partial charge in [0.2, 0.25) is 0 Å². The number of amides is 2. The van der Waals surface area contributed by atoms with Crippen LogP contribution in [0.1, 0.15) is 20.7 Å². The van der Waals surface area contributed by atoms with Crippen molar-refractivity contribution in [1.29, 1.82) is 0 Å². The second-order valence-corrected chi connectivity index (χ2v) is 6.14. The molecule has 130 valence electrons. The van der Waals surface area contributed by atoms with E-state index in [1.807, 2.05) is 6.07 Å². The topological polar surface area (TPSA) is 101 Å². The van der Waals surface area contributed by atoms with Crippen molar-refractivity contribution in [2.75, 3.05) is 10.6 Å². The summed E-state index contributed by atoms with van der Waals surface area (Å²) in [5.41, 5.74) is 1.50. The predicted octanol–water partition coefficient (Wildman–Crippen LogP) is 4.16. The number of benzene rings is 2. The number of nitrogens with zero attached hydrogens (tertiary/aromatic N) is 1. The number of anilines is 2. The molecular formula is C18H13N3O4S. The fraction of sp³-hybridized carbons (Fsp3) is 0. The largest absolute Gasteiger partial charge is 0.324 e. The van der Waals surface area contributed by atoms with Crippen LogP contribution in [0.5, 0.6) is 0 Å². The highest BCUT2D eigenvalue weighted by Gasteiger charge is 2.16. The Morgan fingerprint density at radius 3 is 1.92 bits per heavy atom. The van der Waals surface area contributed by atoms with Gasteiger partial charge in [-0.05, 0) is 24.3 Å². The zero-order valence-corrected chi connectivity index (χ0v) is 14.2. The van der Waals surface area contributed by atoms with Crippen LogP contribution in [-0.2, 0) is 0 Å². The molecule has 7 nitrogen and oxygen atoms in total. The molecule has 26 heavy (non-hydrogen) atoms. The molecule has 3 aromatic rings. The second kappa shape index (κ2) is 7.58. The summed E-state index contributed by atoms with van der Waals surface area (Å²) in [6.45, 7) is 0. The third-order valence-corrected chi connectivity index (χ3v) is 4.37. The molecule has 0 bridgehead atoms. The minimum atomic E-state index is -0.546. The standard InChI is InChI=1S/C18H13N3O4S/c22-17(12-6-2-1-3-7-12)19-14-8-4-5-9-15(14)20-18(23)13-10-16(21(24)25)26-11-13/h1-11H,(H,19,22)(H,20,23). The van der Waals surface area contributed by atoms with E-state index >= 15 is 0 Å². The van der Waals surface area contributed by atoms with E-state index in [4.69, 9.17) is 0 Å². The van der Waals surface area contributed by atoms with Crippen LogP contribution in [0.15, 0.2) is 66.0 Å². The van der Waals surface area contributed by atoms with E-state index in [1.165, 1.54) is 11.4 Å². The average molecular weight is 367 g/mol. The van der Waals surface area contributed by atoms with Crippen LogP contribution < -0.4 is 10.6 Å². The van der Waals surface area contributed by atoms with Gasteiger partial charge in [-0.2, -0.15) is 0 Å². The molecule has 1 aromatic heterocycles. The Bertz CT molecular complexity index is 969. The summed E-state index contributed by atoms with van der Waals surface area (Å²) in [7, 11) is 0. The van der Waals surface area contributed by atoms with E-state index in [2.05, 4.69) is 10.6 Å². The Hall–Kier alpha value is -3.52. The maximum Gasteiger partial charge on any atom is 0.324 e. The molecule has 0 spiro atoms. The molecule has 0 unspecified atom stereocenters. The number of hydrogen-bond acceptors (Lipinski definition) is 5. The van der Waals surface area contributed by atoms with E-state index in [1.54, 1.807) is 48.5 Å². The zero-order chi connectivity index (χ0) is 18.5. The van der Waals surface area contributed by atoms with Gasteiger partial charge in [0, 0.05) is 17.0 Å². The number of carbonyl (C=O) groups excluding carboxylic acids is 2. The molecule has 0 aliphatic rings. The van der Waals surface area contributed by atoms with Crippen LogP contribution in [0.2, 0.25) is 0 Å². The highest BCUT2D eigenvalue weighted by molar-refractivity contribution is 7.13. The third-order valence-electron chi connectivity index (χ3n) is 3.49. The fourth-order valence-electron chi connectivity index (χ4n) is 2.22. The summed E-state index contributed by atoms with van der Waals surface area (Å²) in [5.74, 6) is -0.797. The number of nitrogens with one attached hydrogen (secondary N) is 2. The van der Waals surface area contributed by atoms with Gasteiger partial charge in [0.1, 0.15) is 0 Å². The number of nitro groups is 1. The maximum atomic E-state index is 12.3. The molecule has 0 saturated heterocycles. The van der Waals surface area contributed by atoms with Gasteiger partial charge in [-0.25, -0.2) is 0 Å². The van der Waals surface area contributed by atoms with Gasteiger partial charge in [-0.15, -0.1) is 0 Å². The van der Waals surface area contributed by atoms with Crippen molar-refractivity contribution in [1.82, 2.24) is 0 Å². The molecule has 1 heterocycles. The number of para-hydroxylation sites is 2. The van der Waals surface area contributed by atoms with E-state index in [-0.39, 0.29) is 16.5 Å². The average Bonchev–Trinajstić information content (AvgIpc) is 3.15. The van der Waals surface area contributed by atoms with Gasteiger partial charge < -0.3 is 10.6 Å². The molecule has 8 heteroatoms. The van der Waals surface area contributed by atoms with E-state index in [0.29, 0.717) is 16.9 Å². The summed E-state index contributed by atoms with van der Waals surface area (Å²) in [6, 6.07) is 16.6. The Balaban J connectivity index is 1.77. The lowest BCUT2D eigenvalue weighted by Crippen LogP contribution is -2.16.